The number of halogens is 1. The molecule has 7 heteroatoms. The van der Waals surface area contributed by atoms with Crippen molar-refractivity contribution in [1.29, 1.82) is 0 Å². The zero-order chi connectivity index (χ0) is 14.9. The van der Waals surface area contributed by atoms with Crippen LogP contribution in [0, 0.1) is 12.8 Å². The predicted molar refractivity (Wildman–Crippen MR) is 75.7 cm³/mol. The fraction of sp³-hybridized carbons (Fsp3) is 0.462. The summed E-state index contributed by atoms with van der Waals surface area (Å²) in [6.07, 6.45) is 3.18. The third kappa shape index (κ3) is 3.13. The highest BCUT2D eigenvalue weighted by Gasteiger charge is 2.24. The van der Waals surface area contributed by atoms with Crippen molar-refractivity contribution in [2.45, 2.75) is 31.1 Å². The second-order valence-electron chi connectivity index (χ2n) is 5.03. The van der Waals surface area contributed by atoms with Crippen molar-refractivity contribution in [1.82, 2.24) is 4.72 Å². The molecular weight excluding hydrogens is 302 g/mol. The van der Waals surface area contributed by atoms with E-state index in [9.17, 15) is 13.2 Å². The summed E-state index contributed by atoms with van der Waals surface area (Å²) in [6.45, 7) is 1.86. The van der Waals surface area contributed by atoms with E-state index in [0.717, 1.165) is 19.3 Å². The number of benzene rings is 1. The van der Waals surface area contributed by atoms with Crippen LogP contribution in [0.3, 0.4) is 0 Å². The normalized spacial score (nSPS) is 15.9. The Morgan fingerprint density at radius 2 is 2.10 bits per heavy atom. The smallest absolute Gasteiger partial charge is 0.336 e. The lowest BCUT2D eigenvalue weighted by molar-refractivity contribution is 0.0696. The van der Waals surface area contributed by atoms with Gasteiger partial charge in [-0.05, 0) is 43.4 Å². The van der Waals surface area contributed by atoms with Crippen molar-refractivity contribution >= 4 is 27.6 Å². The van der Waals surface area contributed by atoms with Crippen LogP contribution in [-0.4, -0.2) is 26.0 Å². The van der Waals surface area contributed by atoms with Gasteiger partial charge in [0.25, 0.3) is 0 Å². The van der Waals surface area contributed by atoms with Gasteiger partial charge in [0.05, 0.1) is 10.5 Å². The summed E-state index contributed by atoms with van der Waals surface area (Å²) in [4.78, 5) is 11.0. The molecule has 0 bridgehead atoms. The maximum absolute atomic E-state index is 12.3. The number of aromatic carboxylic acids is 1. The first-order valence-corrected chi connectivity index (χ1v) is 8.20. The lowest BCUT2D eigenvalue weighted by Gasteiger charge is -2.25. The van der Waals surface area contributed by atoms with Crippen molar-refractivity contribution in [3.8, 4) is 0 Å². The zero-order valence-electron chi connectivity index (χ0n) is 11.0. The van der Waals surface area contributed by atoms with Gasteiger partial charge >= 0.3 is 5.97 Å². The number of hydrogen-bond donors (Lipinski definition) is 2. The highest BCUT2D eigenvalue weighted by Crippen LogP contribution is 2.27. The molecule has 0 aliphatic heterocycles. The minimum absolute atomic E-state index is 0.0678. The van der Waals surface area contributed by atoms with E-state index in [2.05, 4.69) is 4.72 Å². The van der Waals surface area contributed by atoms with Crippen LogP contribution >= 0.6 is 11.6 Å². The zero-order valence-corrected chi connectivity index (χ0v) is 12.6. The van der Waals surface area contributed by atoms with E-state index in [1.807, 2.05) is 0 Å². The SMILES string of the molecule is Cc1c(C(=O)O)cc(Cl)cc1S(=O)(=O)NCC1CCC1. The third-order valence-electron chi connectivity index (χ3n) is 3.63. The second kappa shape index (κ2) is 5.71. The largest absolute Gasteiger partial charge is 0.478 e. The summed E-state index contributed by atoms with van der Waals surface area (Å²) in [5, 5.41) is 9.17. The quantitative estimate of drug-likeness (QED) is 0.873. The Morgan fingerprint density at radius 1 is 1.45 bits per heavy atom. The topological polar surface area (TPSA) is 83.5 Å². The highest BCUT2D eigenvalue weighted by atomic mass is 35.5. The molecular formula is C13H16ClNO4S. The lowest BCUT2D eigenvalue weighted by atomic mass is 9.86. The molecule has 20 heavy (non-hydrogen) atoms. The van der Waals surface area contributed by atoms with Crippen LogP contribution in [0.15, 0.2) is 17.0 Å². The molecule has 0 aromatic heterocycles. The Labute approximate surface area is 123 Å². The van der Waals surface area contributed by atoms with Gasteiger partial charge in [-0.1, -0.05) is 18.0 Å². The summed E-state index contributed by atoms with van der Waals surface area (Å²) in [6, 6.07) is 2.54. The van der Waals surface area contributed by atoms with E-state index in [1.165, 1.54) is 19.1 Å². The van der Waals surface area contributed by atoms with Gasteiger partial charge < -0.3 is 5.11 Å². The van der Waals surface area contributed by atoms with E-state index in [1.54, 1.807) is 0 Å². The average Bonchev–Trinajstić information content (AvgIpc) is 2.29. The van der Waals surface area contributed by atoms with Crippen LogP contribution in [0.4, 0.5) is 0 Å². The fourth-order valence-electron chi connectivity index (χ4n) is 2.16. The van der Waals surface area contributed by atoms with Crippen LogP contribution < -0.4 is 4.72 Å². The number of nitrogens with one attached hydrogen (secondary N) is 1. The van der Waals surface area contributed by atoms with Gasteiger partial charge in [-0.3, -0.25) is 0 Å². The van der Waals surface area contributed by atoms with Gasteiger partial charge in [0.2, 0.25) is 10.0 Å². The molecule has 1 fully saturated rings. The Bertz CT molecular complexity index is 638. The van der Waals surface area contributed by atoms with Gasteiger partial charge in [0.1, 0.15) is 0 Å². The summed E-state index contributed by atoms with van der Waals surface area (Å²) in [7, 11) is -3.74. The molecule has 1 aliphatic rings. The van der Waals surface area contributed by atoms with Crippen molar-refractivity contribution in [2.75, 3.05) is 6.54 Å². The fourth-order valence-corrected chi connectivity index (χ4v) is 3.85. The van der Waals surface area contributed by atoms with Crippen molar-refractivity contribution in [2.24, 2.45) is 5.92 Å². The molecule has 2 N–H and O–H groups in total. The van der Waals surface area contributed by atoms with Crippen molar-refractivity contribution in [3.05, 3.63) is 28.3 Å². The Kier molecular flexibility index (Phi) is 4.36. The number of rotatable bonds is 5. The van der Waals surface area contributed by atoms with Gasteiger partial charge in [-0.15, -0.1) is 0 Å². The molecule has 0 spiro atoms. The minimum atomic E-state index is -3.74. The van der Waals surface area contributed by atoms with E-state index < -0.39 is 16.0 Å². The standard InChI is InChI=1S/C13H16ClNO4S/c1-8-11(13(16)17)5-10(14)6-12(8)20(18,19)15-7-9-3-2-4-9/h5-6,9,15H,2-4,7H2,1H3,(H,16,17). The van der Waals surface area contributed by atoms with Crippen molar-refractivity contribution in [3.63, 3.8) is 0 Å². The molecule has 1 aromatic rings. The molecule has 0 heterocycles. The Hall–Kier alpha value is -1.11. The number of hydrogen-bond acceptors (Lipinski definition) is 3. The second-order valence-corrected chi connectivity index (χ2v) is 7.20. The van der Waals surface area contributed by atoms with Crippen LogP contribution in [0.1, 0.15) is 35.2 Å². The average molecular weight is 318 g/mol. The minimum Gasteiger partial charge on any atom is -0.478 e. The predicted octanol–water partition coefficient (Wildman–Crippen LogP) is 2.43. The van der Waals surface area contributed by atoms with Crippen molar-refractivity contribution < 1.29 is 18.3 Å². The number of carbonyl (C=O) groups is 1. The highest BCUT2D eigenvalue weighted by molar-refractivity contribution is 7.89. The maximum Gasteiger partial charge on any atom is 0.336 e. The van der Waals surface area contributed by atoms with E-state index in [-0.39, 0.29) is 21.0 Å². The van der Waals surface area contributed by atoms with Crippen LogP contribution in [-0.2, 0) is 10.0 Å². The summed E-state index contributed by atoms with van der Waals surface area (Å²) < 4.78 is 27.1. The van der Waals surface area contributed by atoms with E-state index in [4.69, 9.17) is 16.7 Å². The Balaban J connectivity index is 2.32. The first-order chi connectivity index (χ1) is 9.31. The number of sulfonamides is 1. The van der Waals surface area contributed by atoms with E-state index in [0.29, 0.717) is 12.5 Å². The molecule has 1 aliphatic carbocycles. The summed E-state index contributed by atoms with van der Waals surface area (Å²) >= 11 is 5.82. The van der Waals surface area contributed by atoms with Gasteiger partial charge in [-0.2, -0.15) is 0 Å². The molecule has 0 atom stereocenters. The molecule has 0 unspecified atom stereocenters. The summed E-state index contributed by atoms with van der Waals surface area (Å²) in [5.74, 6) is -0.816. The van der Waals surface area contributed by atoms with Gasteiger partial charge in [0, 0.05) is 11.6 Å². The molecule has 0 amide bonds. The molecule has 5 nitrogen and oxygen atoms in total. The van der Waals surface area contributed by atoms with Gasteiger partial charge in [-0.25, -0.2) is 17.9 Å². The Morgan fingerprint density at radius 3 is 2.60 bits per heavy atom. The van der Waals surface area contributed by atoms with Gasteiger partial charge in [0.15, 0.2) is 0 Å². The summed E-state index contributed by atoms with van der Waals surface area (Å²) in [5.41, 5.74) is 0.101. The lowest BCUT2D eigenvalue weighted by Crippen LogP contribution is -2.32. The molecule has 1 saturated carbocycles. The number of carboxylic acid groups (broad SMARTS) is 1. The van der Waals surface area contributed by atoms with Crippen LogP contribution in [0.25, 0.3) is 0 Å². The monoisotopic (exact) mass is 317 g/mol. The first-order valence-electron chi connectivity index (χ1n) is 6.34. The molecule has 2 rings (SSSR count). The number of carboxylic acids is 1. The van der Waals surface area contributed by atoms with Crippen LogP contribution in [0.5, 0.6) is 0 Å². The maximum atomic E-state index is 12.3. The van der Waals surface area contributed by atoms with E-state index >= 15 is 0 Å². The first kappa shape index (κ1) is 15.3. The van der Waals surface area contributed by atoms with Crippen LogP contribution in [0.2, 0.25) is 5.02 Å². The molecule has 0 saturated heterocycles. The molecule has 0 radical (unpaired) electrons. The molecule has 1 aromatic carbocycles. The molecule has 110 valence electrons. The third-order valence-corrected chi connectivity index (χ3v) is 5.40.